The van der Waals surface area contributed by atoms with Gasteiger partial charge in [0.25, 0.3) is 5.56 Å². The molecule has 1 unspecified atom stereocenters. The van der Waals surface area contributed by atoms with Gasteiger partial charge >= 0.3 is 0 Å². The maximum atomic E-state index is 12.6. The van der Waals surface area contributed by atoms with Gasteiger partial charge in [0.2, 0.25) is 5.91 Å². The van der Waals surface area contributed by atoms with Crippen LogP contribution in [-0.2, 0) is 4.79 Å². The van der Waals surface area contributed by atoms with Crippen molar-refractivity contribution >= 4 is 22.9 Å². The van der Waals surface area contributed by atoms with Gasteiger partial charge < -0.3 is 5.32 Å². The highest BCUT2D eigenvalue weighted by Gasteiger charge is 2.19. The Bertz CT molecular complexity index is 961. The average Bonchev–Trinajstić information content (AvgIpc) is 3.13. The first kappa shape index (κ1) is 17.1. The Labute approximate surface area is 150 Å². The Morgan fingerprint density at radius 3 is 2.68 bits per heavy atom. The molecule has 0 radical (unpaired) electrons. The molecule has 2 heterocycles. The van der Waals surface area contributed by atoms with E-state index in [1.165, 1.54) is 22.1 Å². The average molecular weight is 353 g/mol. The molecule has 6 heteroatoms. The first-order valence-electron chi connectivity index (χ1n) is 7.98. The molecule has 0 bridgehead atoms. The second kappa shape index (κ2) is 7.03. The van der Waals surface area contributed by atoms with E-state index in [2.05, 4.69) is 10.4 Å². The van der Waals surface area contributed by atoms with Crippen LogP contribution in [-0.4, -0.2) is 15.7 Å². The lowest BCUT2D eigenvalue weighted by Gasteiger charge is -2.16. The quantitative estimate of drug-likeness (QED) is 0.776. The molecule has 0 saturated carbocycles. The molecular weight excluding hydrogens is 334 g/mol. The third-order valence-corrected chi connectivity index (χ3v) is 5.10. The molecule has 0 fully saturated rings. The number of anilines is 1. The number of carbonyl (C=O) groups is 1. The van der Waals surface area contributed by atoms with Gasteiger partial charge in [-0.25, -0.2) is 4.68 Å². The number of thiophene rings is 1. The van der Waals surface area contributed by atoms with E-state index in [0.29, 0.717) is 5.69 Å². The minimum atomic E-state index is -0.715. The first-order chi connectivity index (χ1) is 12.0. The molecule has 1 atom stereocenters. The van der Waals surface area contributed by atoms with Crippen LogP contribution >= 0.6 is 11.3 Å². The van der Waals surface area contributed by atoms with Crippen LogP contribution in [0.15, 0.2) is 52.6 Å². The number of carbonyl (C=O) groups excluding carboxylic acids is 1. The summed E-state index contributed by atoms with van der Waals surface area (Å²) in [7, 11) is 0. The molecule has 1 N–H and O–H groups in total. The van der Waals surface area contributed by atoms with Crippen LogP contribution in [0.1, 0.15) is 24.1 Å². The summed E-state index contributed by atoms with van der Waals surface area (Å²) < 4.78 is 1.23. The largest absolute Gasteiger partial charge is 0.324 e. The summed E-state index contributed by atoms with van der Waals surface area (Å²) in [4.78, 5) is 25.8. The third kappa shape index (κ3) is 3.53. The summed E-state index contributed by atoms with van der Waals surface area (Å²) in [5, 5.41) is 9.21. The van der Waals surface area contributed by atoms with Gasteiger partial charge in [0.1, 0.15) is 11.7 Å². The van der Waals surface area contributed by atoms with Crippen LogP contribution in [0.5, 0.6) is 0 Å². The lowest BCUT2D eigenvalue weighted by Crippen LogP contribution is -2.33. The monoisotopic (exact) mass is 353 g/mol. The lowest BCUT2D eigenvalue weighted by molar-refractivity contribution is -0.119. The highest BCUT2D eigenvalue weighted by molar-refractivity contribution is 7.13. The third-order valence-electron chi connectivity index (χ3n) is 4.21. The van der Waals surface area contributed by atoms with Crippen molar-refractivity contribution in [2.24, 2.45) is 0 Å². The molecule has 3 rings (SSSR count). The standard InChI is InChI=1S/C19H19N3O2S/c1-12-6-4-7-15(13(12)2)20-19(24)14(3)22-18(23)10-9-16(21-22)17-8-5-11-25-17/h4-11,14H,1-3H3,(H,20,24). The van der Waals surface area contributed by atoms with Gasteiger partial charge in [-0.1, -0.05) is 18.2 Å². The fraction of sp³-hybridized carbons (Fsp3) is 0.211. The van der Waals surface area contributed by atoms with Crippen molar-refractivity contribution in [3.8, 4) is 10.6 Å². The van der Waals surface area contributed by atoms with Gasteiger partial charge in [-0.15, -0.1) is 11.3 Å². The SMILES string of the molecule is Cc1cccc(NC(=O)C(C)n2nc(-c3cccs3)ccc2=O)c1C. The van der Waals surface area contributed by atoms with E-state index in [9.17, 15) is 9.59 Å². The van der Waals surface area contributed by atoms with Crippen LogP contribution in [0, 0.1) is 13.8 Å². The minimum absolute atomic E-state index is 0.272. The minimum Gasteiger partial charge on any atom is -0.324 e. The van der Waals surface area contributed by atoms with E-state index in [0.717, 1.165) is 21.7 Å². The number of nitrogens with zero attached hydrogens (tertiary/aromatic N) is 2. The van der Waals surface area contributed by atoms with Crippen LogP contribution in [0.3, 0.4) is 0 Å². The predicted octanol–water partition coefficient (Wildman–Crippen LogP) is 3.79. The molecule has 1 aromatic carbocycles. The highest BCUT2D eigenvalue weighted by Crippen LogP contribution is 2.22. The van der Waals surface area contributed by atoms with Gasteiger partial charge in [-0.2, -0.15) is 5.10 Å². The molecule has 5 nitrogen and oxygen atoms in total. The number of aromatic nitrogens is 2. The normalized spacial score (nSPS) is 12.0. The van der Waals surface area contributed by atoms with Gasteiger partial charge in [0.15, 0.2) is 0 Å². The van der Waals surface area contributed by atoms with E-state index in [-0.39, 0.29) is 11.5 Å². The van der Waals surface area contributed by atoms with Gasteiger partial charge in [-0.3, -0.25) is 9.59 Å². The van der Waals surface area contributed by atoms with Crippen molar-refractivity contribution in [2.45, 2.75) is 26.8 Å². The molecule has 1 amide bonds. The Balaban J connectivity index is 1.88. The molecule has 25 heavy (non-hydrogen) atoms. The summed E-state index contributed by atoms with van der Waals surface area (Å²) >= 11 is 1.54. The Kier molecular flexibility index (Phi) is 4.81. The molecular formula is C19H19N3O2S. The van der Waals surface area contributed by atoms with Crippen molar-refractivity contribution in [3.05, 3.63) is 69.3 Å². The van der Waals surface area contributed by atoms with Crippen LogP contribution in [0.2, 0.25) is 0 Å². The van der Waals surface area contributed by atoms with Gasteiger partial charge in [0, 0.05) is 11.8 Å². The van der Waals surface area contributed by atoms with E-state index in [1.54, 1.807) is 13.0 Å². The zero-order valence-corrected chi connectivity index (χ0v) is 15.1. The summed E-state index contributed by atoms with van der Waals surface area (Å²) in [6, 6.07) is 12.0. The number of nitrogens with one attached hydrogen (secondary N) is 1. The van der Waals surface area contributed by atoms with E-state index >= 15 is 0 Å². The molecule has 128 valence electrons. The number of amides is 1. The van der Waals surface area contributed by atoms with Crippen molar-refractivity contribution in [3.63, 3.8) is 0 Å². The van der Waals surface area contributed by atoms with E-state index < -0.39 is 6.04 Å². The zero-order chi connectivity index (χ0) is 18.0. The molecule has 0 spiro atoms. The summed E-state index contributed by atoms with van der Waals surface area (Å²) in [5.41, 5.74) is 3.24. The van der Waals surface area contributed by atoms with E-state index in [4.69, 9.17) is 0 Å². The first-order valence-corrected chi connectivity index (χ1v) is 8.86. The summed E-state index contributed by atoms with van der Waals surface area (Å²) in [5.74, 6) is -0.272. The predicted molar refractivity (Wildman–Crippen MR) is 101 cm³/mol. The van der Waals surface area contributed by atoms with Crippen LogP contribution in [0.25, 0.3) is 10.6 Å². The Hall–Kier alpha value is -2.73. The van der Waals surface area contributed by atoms with Crippen molar-refractivity contribution in [1.82, 2.24) is 9.78 Å². The second-order valence-electron chi connectivity index (χ2n) is 5.89. The van der Waals surface area contributed by atoms with Crippen molar-refractivity contribution < 1.29 is 4.79 Å². The van der Waals surface area contributed by atoms with Crippen molar-refractivity contribution in [2.75, 3.05) is 5.32 Å². The van der Waals surface area contributed by atoms with Crippen LogP contribution < -0.4 is 10.9 Å². The number of hydrogen-bond donors (Lipinski definition) is 1. The maximum absolute atomic E-state index is 12.6. The number of rotatable bonds is 4. The van der Waals surface area contributed by atoms with Gasteiger partial charge in [-0.05, 0) is 55.5 Å². The highest BCUT2D eigenvalue weighted by atomic mass is 32.1. The molecule has 0 saturated heterocycles. The van der Waals surface area contributed by atoms with Crippen molar-refractivity contribution in [1.29, 1.82) is 0 Å². The fourth-order valence-corrected chi connectivity index (χ4v) is 3.18. The molecule has 3 aromatic rings. The second-order valence-corrected chi connectivity index (χ2v) is 6.84. The Morgan fingerprint density at radius 1 is 1.16 bits per heavy atom. The van der Waals surface area contributed by atoms with Crippen LogP contribution in [0.4, 0.5) is 5.69 Å². The number of hydrogen-bond acceptors (Lipinski definition) is 4. The smallest absolute Gasteiger partial charge is 0.267 e. The fourth-order valence-electron chi connectivity index (χ4n) is 2.49. The topological polar surface area (TPSA) is 64.0 Å². The molecule has 0 aliphatic rings. The maximum Gasteiger partial charge on any atom is 0.267 e. The summed E-state index contributed by atoms with van der Waals surface area (Å²) in [6.45, 7) is 5.62. The zero-order valence-electron chi connectivity index (χ0n) is 14.3. The van der Waals surface area contributed by atoms with E-state index in [1.807, 2.05) is 49.6 Å². The Morgan fingerprint density at radius 2 is 1.96 bits per heavy atom. The number of aryl methyl sites for hydroxylation is 1. The molecule has 0 aliphatic heterocycles. The number of benzene rings is 1. The van der Waals surface area contributed by atoms with Gasteiger partial charge in [0.05, 0.1) is 4.88 Å². The molecule has 0 aliphatic carbocycles. The lowest BCUT2D eigenvalue weighted by atomic mass is 10.1. The molecule has 2 aromatic heterocycles. The summed E-state index contributed by atoms with van der Waals surface area (Å²) in [6.07, 6.45) is 0.